The van der Waals surface area contributed by atoms with Crippen LogP contribution in [-0.2, 0) is 12.6 Å². The van der Waals surface area contributed by atoms with E-state index in [2.05, 4.69) is 17.0 Å². The van der Waals surface area contributed by atoms with Gasteiger partial charge in [0.15, 0.2) is 0 Å². The Morgan fingerprint density at radius 3 is 2.50 bits per heavy atom. The predicted octanol–water partition coefficient (Wildman–Crippen LogP) is 0.300. The van der Waals surface area contributed by atoms with Gasteiger partial charge in [-0.2, -0.15) is 5.10 Å². The second kappa shape index (κ2) is 3.37. The van der Waals surface area contributed by atoms with Crippen LogP contribution in [0.15, 0.2) is 12.4 Å². The molecule has 0 radical (unpaired) electrons. The number of aromatic nitrogens is 2. The Kier molecular flexibility index (Phi) is 2.33. The summed E-state index contributed by atoms with van der Waals surface area (Å²) in [5.74, 6) is 0. The average molecular weight is 194 g/mol. The molecule has 4 heteroatoms. The highest BCUT2D eigenvalue weighted by molar-refractivity contribution is 5.18. The Morgan fingerprint density at radius 2 is 2.00 bits per heavy atom. The first kappa shape index (κ1) is 9.68. The molecule has 0 unspecified atom stereocenters. The Balaban J connectivity index is 2.16. The fourth-order valence-corrected chi connectivity index (χ4v) is 1.98. The van der Waals surface area contributed by atoms with E-state index in [-0.39, 0.29) is 5.54 Å². The molecule has 1 saturated heterocycles. The highest BCUT2D eigenvalue weighted by Crippen LogP contribution is 2.29. The van der Waals surface area contributed by atoms with Gasteiger partial charge in [0, 0.05) is 24.3 Å². The molecule has 1 fully saturated rings. The monoisotopic (exact) mass is 194 g/mol. The fourth-order valence-electron chi connectivity index (χ4n) is 1.98. The zero-order chi connectivity index (χ0) is 10.2. The van der Waals surface area contributed by atoms with Crippen LogP contribution >= 0.6 is 0 Å². The standard InChI is InChI=1S/C10H18N4/c1-13-5-3-10(11,4-6-13)9-7-12-14(2)8-9/h7-8H,3-6,11H2,1-2H3. The molecule has 2 N–H and O–H groups in total. The van der Waals surface area contributed by atoms with E-state index < -0.39 is 0 Å². The van der Waals surface area contributed by atoms with Crippen molar-refractivity contribution in [1.82, 2.24) is 14.7 Å². The molecule has 14 heavy (non-hydrogen) atoms. The molecule has 0 saturated carbocycles. The molecular formula is C10H18N4. The zero-order valence-corrected chi connectivity index (χ0v) is 8.90. The maximum atomic E-state index is 6.38. The first-order valence-corrected chi connectivity index (χ1v) is 5.07. The summed E-state index contributed by atoms with van der Waals surface area (Å²) in [6.07, 6.45) is 5.97. The quantitative estimate of drug-likeness (QED) is 0.699. The SMILES string of the molecule is CN1CCC(N)(c2cnn(C)c2)CC1. The third kappa shape index (κ3) is 1.67. The van der Waals surface area contributed by atoms with Crippen LogP contribution in [0.2, 0.25) is 0 Å². The maximum Gasteiger partial charge on any atom is 0.0540 e. The van der Waals surface area contributed by atoms with Crippen molar-refractivity contribution < 1.29 is 0 Å². The van der Waals surface area contributed by atoms with E-state index in [1.54, 1.807) is 0 Å². The van der Waals surface area contributed by atoms with Gasteiger partial charge in [-0.15, -0.1) is 0 Å². The summed E-state index contributed by atoms with van der Waals surface area (Å²) in [6, 6.07) is 0. The molecule has 0 spiro atoms. The van der Waals surface area contributed by atoms with Crippen LogP contribution in [-0.4, -0.2) is 34.8 Å². The van der Waals surface area contributed by atoms with E-state index in [4.69, 9.17) is 5.73 Å². The van der Waals surface area contributed by atoms with Crippen molar-refractivity contribution in [3.63, 3.8) is 0 Å². The highest BCUT2D eigenvalue weighted by Gasteiger charge is 2.32. The van der Waals surface area contributed by atoms with Gasteiger partial charge in [-0.1, -0.05) is 0 Å². The van der Waals surface area contributed by atoms with Crippen molar-refractivity contribution in [2.45, 2.75) is 18.4 Å². The summed E-state index contributed by atoms with van der Waals surface area (Å²) in [5.41, 5.74) is 7.40. The summed E-state index contributed by atoms with van der Waals surface area (Å²) in [7, 11) is 4.07. The third-order valence-electron chi connectivity index (χ3n) is 3.16. The lowest BCUT2D eigenvalue weighted by Gasteiger charge is -2.37. The molecule has 2 rings (SSSR count). The van der Waals surface area contributed by atoms with Crippen molar-refractivity contribution in [3.05, 3.63) is 18.0 Å². The van der Waals surface area contributed by atoms with E-state index in [9.17, 15) is 0 Å². The molecule has 0 aliphatic carbocycles. The second-order valence-corrected chi connectivity index (χ2v) is 4.36. The molecule has 1 aromatic heterocycles. The zero-order valence-electron chi connectivity index (χ0n) is 8.90. The third-order valence-corrected chi connectivity index (χ3v) is 3.16. The first-order chi connectivity index (χ1) is 6.60. The fraction of sp³-hybridized carbons (Fsp3) is 0.700. The van der Waals surface area contributed by atoms with Crippen LogP contribution in [0, 0.1) is 0 Å². The number of hydrogen-bond donors (Lipinski definition) is 1. The van der Waals surface area contributed by atoms with Gasteiger partial charge in [-0.25, -0.2) is 0 Å². The number of nitrogens with zero attached hydrogens (tertiary/aromatic N) is 3. The van der Waals surface area contributed by atoms with Gasteiger partial charge in [0.25, 0.3) is 0 Å². The summed E-state index contributed by atoms with van der Waals surface area (Å²) in [6.45, 7) is 2.15. The molecule has 1 aromatic rings. The Morgan fingerprint density at radius 1 is 1.36 bits per heavy atom. The van der Waals surface area contributed by atoms with Gasteiger partial charge < -0.3 is 10.6 Å². The summed E-state index contributed by atoms with van der Waals surface area (Å²) in [5, 5.41) is 4.18. The van der Waals surface area contributed by atoms with Crippen molar-refractivity contribution in [2.75, 3.05) is 20.1 Å². The number of hydrogen-bond acceptors (Lipinski definition) is 3. The average Bonchev–Trinajstić information content (AvgIpc) is 2.58. The van der Waals surface area contributed by atoms with E-state index in [0.717, 1.165) is 25.9 Å². The molecule has 78 valence electrons. The summed E-state index contributed by atoms with van der Waals surface area (Å²) < 4.78 is 1.82. The number of likely N-dealkylation sites (tertiary alicyclic amines) is 1. The normalized spacial score (nSPS) is 22.5. The smallest absolute Gasteiger partial charge is 0.0540 e. The molecule has 0 amide bonds. The molecule has 1 aliphatic heterocycles. The van der Waals surface area contributed by atoms with E-state index in [0.29, 0.717) is 0 Å². The van der Waals surface area contributed by atoms with Crippen LogP contribution in [0.25, 0.3) is 0 Å². The Bertz CT molecular complexity index is 310. The molecule has 0 aromatic carbocycles. The highest BCUT2D eigenvalue weighted by atomic mass is 15.2. The number of piperidine rings is 1. The Labute approximate surface area is 84.7 Å². The summed E-state index contributed by atoms with van der Waals surface area (Å²) >= 11 is 0. The van der Waals surface area contributed by atoms with Crippen molar-refractivity contribution in [2.24, 2.45) is 12.8 Å². The van der Waals surface area contributed by atoms with Crippen molar-refractivity contribution in [1.29, 1.82) is 0 Å². The van der Waals surface area contributed by atoms with Crippen molar-refractivity contribution in [3.8, 4) is 0 Å². The predicted molar refractivity (Wildman–Crippen MR) is 55.8 cm³/mol. The van der Waals surface area contributed by atoms with Gasteiger partial charge >= 0.3 is 0 Å². The molecular weight excluding hydrogens is 176 g/mol. The summed E-state index contributed by atoms with van der Waals surface area (Å²) in [4.78, 5) is 2.32. The largest absolute Gasteiger partial charge is 0.321 e. The second-order valence-electron chi connectivity index (χ2n) is 4.36. The number of aryl methyl sites for hydroxylation is 1. The Hall–Kier alpha value is -0.870. The van der Waals surface area contributed by atoms with Crippen molar-refractivity contribution >= 4 is 0 Å². The number of rotatable bonds is 1. The number of nitrogens with two attached hydrogens (primary N) is 1. The van der Waals surface area contributed by atoms with Crippen LogP contribution < -0.4 is 5.73 Å². The molecule has 2 heterocycles. The lowest BCUT2D eigenvalue weighted by molar-refractivity contribution is 0.191. The van der Waals surface area contributed by atoms with Gasteiger partial charge in [-0.3, -0.25) is 4.68 Å². The lowest BCUT2D eigenvalue weighted by atomic mass is 9.84. The van der Waals surface area contributed by atoms with Crippen LogP contribution in [0.4, 0.5) is 0 Å². The van der Waals surface area contributed by atoms with Gasteiger partial charge in [0.1, 0.15) is 0 Å². The maximum absolute atomic E-state index is 6.38. The van der Waals surface area contributed by atoms with Gasteiger partial charge in [0.2, 0.25) is 0 Å². The molecule has 1 aliphatic rings. The van der Waals surface area contributed by atoms with E-state index in [1.165, 1.54) is 5.56 Å². The van der Waals surface area contributed by atoms with Crippen LogP contribution in [0.3, 0.4) is 0 Å². The van der Waals surface area contributed by atoms with E-state index in [1.807, 2.05) is 24.1 Å². The van der Waals surface area contributed by atoms with E-state index >= 15 is 0 Å². The topological polar surface area (TPSA) is 47.1 Å². The minimum Gasteiger partial charge on any atom is -0.321 e. The minimum absolute atomic E-state index is 0.152. The molecule has 0 bridgehead atoms. The molecule has 4 nitrogen and oxygen atoms in total. The minimum atomic E-state index is -0.152. The van der Waals surface area contributed by atoms with Gasteiger partial charge in [-0.05, 0) is 33.0 Å². The first-order valence-electron chi connectivity index (χ1n) is 5.07. The van der Waals surface area contributed by atoms with Crippen LogP contribution in [0.5, 0.6) is 0 Å². The van der Waals surface area contributed by atoms with Gasteiger partial charge in [0.05, 0.1) is 6.20 Å². The van der Waals surface area contributed by atoms with Crippen LogP contribution in [0.1, 0.15) is 18.4 Å². The molecule has 0 atom stereocenters. The lowest BCUT2D eigenvalue weighted by Crippen LogP contribution is -2.46.